The van der Waals surface area contributed by atoms with E-state index in [-0.39, 0.29) is 6.04 Å². The highest BCUT2D eigenvalue weighted by Gasteiger charge is 2.13. The van der Waals surface area contributed by atoms with Crippen molar-refractivity contribution < 1.29 is 0 Å². The second-order valence-corrected chi connectivity index (χ2v) is 4.19. The van der Waals surface area contributed by atoms with E-state index < -0.39 is 0 Å². The van der Waals surface area contributed by atoms with Crippen molar-refractivity contribution in [2.75, 3.05) is 7.05 Å². The van der Waals surface area contributed by atoms with E-state index in [1.54, 1.807) is 4.68 Å². The molecule has 2 heterocycles. The molecule has 0 aliphatic heterocycles. The summed E-state index contributed by atoms with van der Waals surface area (Å²) >= 11 is 0. The molecule has 2 rings (SSSR count). The van der Waals surface area contributed by atoms with Crippen LogP contribution in [0.3, 0.4) is 0 Å². The van der Waals surface area contributed by atoms with Gasteiger partial charge in [0, 0.05) is 25.6 Å². The minimum atomic E-state index is 0.125. The normalized spacial score (nSPS) is 12.6. The summed E-state index contributed by atoms with van der Waals surface area (Å²) in [5, 5.41) is 7.39. The highest BCUT2D eigenvalue weighted by molar-refractivity contribution is 5.11. The summed E-state index contributed by atoms with van der Waals surface area (Å²) in [6, 6.07) is 0.125. The maximum Gasteiger partial charge on any atom is 0.145 e. The second kappa shape index (κ2) is 5.05. The standard InChI is InChI=1S/C12H17N5/c1-9-5-14-12(15-6-9)11(13-2)4-10-7-16-17(3)8-10/h5-8,11,13H,4H2,1-3H3. The molecular formula is C12H17N5. The Morgan fingerprint density at radius 3 is 2.53 bits per heavy atom. The van der Waals surface area contributed by atoms with Crippen molar-refractivity contribution >= 4 is 0 Å². The van der Waals surface area contributed by atoms with Crippen LogP contribution in [0, 0.1) is 6.92 Å². The molecule has 1 N–H and O–H groups in total. The molecule has 5 heteroatoms. The number of rotatable bonds is 4. The van der Waals surface area contributed by atoms with Gasteiger partial charge in [0.25, 0.3) is 0 Å². The molecule has 1 atom stereocenters. The first-order chi connectivity index (χ1) is 8.19. The van der Waals surface area contributed by atoms with Crippen molar-refractivity contribution in [2.24, 2.45) is 7.05 Å². The molecule has 0 radical (unpaired) electrons. The van der Waals surface area contributed by atoms with E-state index in [2.05, 4.69) is 20.4 Å². The van der Waals surface area contributed by atoms with Crippen molar-refractivity contribution in [1.29, 1.82) is 0 Å². The Hall–Kier alpha value is -1.75. The van der Waals surface area contributed by atoms with E-state index >= 15 is 0 Å². The first-order valence-electron chi connectivity index (χ1n) is 5.62. The highest BCUT2D eigenvalue weighted by Crippen LogP contribution is 2.13. The average Bonchev–Trinajstić information content (AvgIpc) is 2.73. The molecule has 0 spiro atoms. The third kappa shape index (κ3) is 2.88. The Bertz CT molecular complexity index is 474. The van der Waals surface area contributed by atoms with Crippen LogP contribution in [0.2, 0.25) is 0 Å². The zero-order chi connectivity index (χ0) is 12.3. The summed E-state index contributed by atoms with van der Waals surface area (Å²) in [6.07, 6.45) is 8.41. The average molecular weight is 231 g/mol. The lowest BCUT2D eigenvalue weighted by Gasteiger charge is -2.13. The Balaban J connectivity index is 2.13. The van der Waals surface area contributed by atoms with Gasteiger partial charge in [-0.2, -0.15) is 5.10 Å². The van der Waals surface area contributed by atoms with Crippen molar-refractivity contribution in [2.45, 2.75) is 19.4 Å². The predicted octanol–water partition coefficient (Wildman–Crippen LogP) is 1.02. The summed E-state index contributed by atoms with van der Waals surface area (Å²) in [5.74, 6) is 0.821. The number of nitrogens with one attached hydrogen (secondary N) is 1. The second-order valence-electron chi connectivity index (χ2n) is 4.19. The largest absolute Gasteiger partial charge is 0.310 e. The van der Waals surface area contributed by atoms with Crippen LogP contribution in [-0.4, -0.2) is 26.8 Å². The van der Waals surface area contributed by atoms with Gasteiger partial charge in [0.1, 0.15) is 5.82 Å². The van der Waals surface area contributed by atoms with Crippen LogP contribution in [0.25, 0.3) is 0 Å². The van der Waals surface area contributed by atoms with Gasteiger partial charge in [0.05, 0.1) is 12.2 Å². The van der Waals surface area contributed by atoms with Crippen LogP contribution in [-0.2, 0) is 13.5 Å². The fraction of sp³-hybridized carbons (Fsp3) is 0.417. The zero-order valence-electron chi connectivity index (χ0n) is 10.4. The molecule has 0 aliphatic rings. The van der Waals surface area contributed by atoms with E-state index in [1.807, 2.05) is 45.8 Å². The molecule has 0 amide bonds. The lowest BCUT2D eigenvalue weighted by Crippen LogP contribution is -2.21. The van der Waals surface area contributed by atoms with E-state index in [0.29, 0.717) is 0 Å². The Labute approximate surface area is 101 Å². The summed E-state index contributed by atoms with van der Waals surface area (Å²) in [7, 11) is 3.84. The van der Waals surface area contributed by atoms with Gasteiger partial charge in [-0.1, -0.05) is 0 Å². The van der Waals surface area contributed by atoms with Crippen LogP contribution < -0.4 is 5.32 Å². The molecule has 90 valence electrons. The van der Waals surface area contributed by atoms with E-state index in [1.165, 1.54) is 5.56 Å². The first-order valence-corrected chi connectivity index (χ1v) is 5.62. The molecule has 0 aromatic carbocycles. The highest BCUT2D eigenvalue weighted by atomic mass is 15.2. The van der Waals surface area contributed by atoms with Gasteiger partial charge in [-0.25, -0.2) is 9.97 Å². The Morgan fingerprint density at radius 2 is 2.00 bits per heavy atom. The molecule has 1 unspecified atom stereocenters. The molecule has 5 nitrogen and oxygen atoms in total. The fourth-order valence-corrected chi connectivity index (χ4v) is 1.72. The Morgan fingerprint density at radius 1 is 1.29 bits per heavy atom. The topological polar surface area (TPSA) is 55.6 Å². The maximum atomic E-state index is 4.35. The zero-order valence-corrected chi connectivity index (χ0v) is 10.4. The van der Waals surface area contributed by atoms with Crippen LogP contribution in [0.4, 0.5) is 0 Å². The van der Waals surface area contributed by atoms with E-state index in [0.717, 1.165) is 17.8 Å². The van der Waals surface area contributed by atoms with Crippen LogP contribution in [0.5, 0.6) is 0 Å². The van der Waals surface area contributed by atoms with Crippen LogP contribution >= 0.6 is 0 Å². The van der Waals surface area contributed by atoms with Crippen molar-refractivity contribution in [3.8, 4) is 0 Å². The third-order valence-corrected chi connectivity index (χ3v) is 2.66. The number of likely N-dealkylation sites (N-methyl/N-ethyl adjacent to an activating group) is 1. The molecule has 0 aliphatic carbocycles. The van der Waals surface area contributed by atoms with Gasteiger partial charge in [-0.15, -0.1) is 0 Å². The SMILES string of the molecule is CNC(Cc1cnn(C)c1)c1ncc(C)cn1. The molecular weight excluding hydrogens is 214 g/mol. The first kappa shape index (κ1) is 11.7. The summed E-state index contributed by atoms with van der Waals surface area (Å²) in [5.41, 5.74) is 2.25. The fourth-order valence-electron chi connectivity index (χ4n) is 1.72. The third-order valence-electron chi connectivity index (χ3n) is 2.66. The van der Waals surface area contributed by atoms with E-state index in [9.17, 15) is 0 Å². The van der Waals surface area contributed by atoms with Gasteiger partial charge >= 0.3 is 0 Å². The van der Waals surface area contributed by atoms with E-state index in [4.69, 9.17) is 0 Å². The van der Waals surface area contributed by atoms with Gasteiger partial charge in [-0.3, -0.25) is 4.68 Å². The molecule has 17 heavy (non-hydrogen) atoms. The summed E-state index contributed by atoms with van der Waals surface area (Å²) in [4.78, 5) is 8.70. The molecule has 2 aromatic rings. The number of aryl methyl sites for hydroxylation is 2. The van der Waals surface area contributed by atoms with Crippen molar-refractivity contribution in [3.05, 3.63) is 41.7 Å². The smallest absolute Gasteiger partial charge is 0.145 e. The molecule has 0 bridgehead atoms. The molecule has 0 fully saturated rings. The van der Waals surface area contributed by atoms with Crippen LogP contribution in [0.15, 0.2) is 24.8 Å². The monoisotopic (exact) mass is 231 g/mol. The number of hydrogen-bond acceptors (Lipinski definition) is 4. The molecule has 0 saturated heterocycles. The van der Waals surface area contributed by atoms with Gasteiger partial charge in [-0.05, 0) is 31.5 Å². The lowest BCUT2D eigenvalue weighted by molar-refractivity contribution is 0.556. The molecule has 2 aromatic heterocycles. The summed E-state index contributed by atoms with van der Waals surface area (Å²) < 4.78 is 1.80. The number of nitrogens with zero attached hydrogens (tertiary/aromatic N) is 4. The number of hydrogen-bond donors (Lipinski definition) is 1. The molecule has 0 saturated carbocycles. The summed E-state index contributed by atoms with van der Waals surface area (Å²) in [6.45, 7) is 1.99. The maximum absolute atomic E-state index is 4.35. The predicted molar refractivity (Wildman–Crippen MR) is 65.5 cm³/mol. The van der Waals surface area contributed by atoms with Crippen molar-refractivity contribution in [3.63, 3.8) is 0 Å². The van der Waals surface area contributed by atoms with Gasteiger partial charge < -0.3 is 5.32 Å². The van der Waals surface area contributed by atoms with Crippen LogP contribution in [0.1, 0.15) is 23.0 Å². The van der Waals surface area contributed by atoms with Gasteiger partial charge in [0.15, 0.2) is 0 Å². The minimum absolute atomic E-state index is 0.125. The lowest BCUT2D eigenvalue weighted by atomic mass is 10.1. The number of aromatic nitrogens is 4. The quantitative estimate of drug-likeness (QED) is 0.853. The Kier molecular flexibility index (Phi) is 3.49. The van der Waals surface area contributed by atoms with Crippen molar-refractivity contribution in [1.82, 2.24) is 25.1 Å². The minimum Gasteiger partial charge on any atom is -0.310 e. The van der Waals surface area contributed by atoms with Gasteiger partial charge in [0.2, 0.25) is 0 Å².